The summed E-state index contributed by atoms with van der Waals surface area (Å²) in [6.07, 6.45) is 2.07. The first-order chi connectivity index (χ1) is 9.22. The second-order valence-corrected chi connectivity index (χ2v) is 7.58. The normalized spacial score (nSPS) is 21.4. The van der Waals surface area contributed by atoms with Gasteiger partial charge in [0.15, 0.2) is 0 Å². The predicted octanol–water partition coefficient (Wildman–Crippen LogP) is 3.27. The van der Waals surface area contributed by atoms with E-state index in [0.717, 1.165) is 36.0 Å². The topological polar surface area (TPSA) is 46.3 Å². The van der Waals surface area contributed by atoms with Gasteiger partial charge in [-0.1, -0.05) is 41.9 Å². The SMILES string of the molecule is CC1(C)CCN(C(=O)C(C)(N)c2ccc(Br)cc2)CC1. The van der Waals surface area contributed by atoms with E-state index in [2.05, 4.69) is 29.8 Å². The van der Waals surface area contributed by atoms with Gasteiger partial charge >= 0.3 is 0 Å². The van der Waals surface area contributed by atoms with E-state index in [1.165, 1.54) is 0 Å². The summed E-state index contributed by atoms with van der Waals surface area (Å²) in [5.74, 6) is 0.0234. The summed E-state index contributed by atoms with van der Waals surface area (Å²) in [6.45, 7) is 7.92. The third-order valence-electron chi connectivity index (χ3n) is 4.29. The van der Waals surface area contributed by atoms with E-state index >= 15 is 0 Å². The molecule has 1 aliphatic rings. The predicted molar refractivity (Wildman–Crippen MR) is 85.3 cm³/mol. The van der Waals surface area contributed by atoms with E-state index in [0.29, 0.717) is 5.41 Å². The molecular weight excluding hydrogens is 316 g/mol. The third-order valence-corrected chi connectivity index (χ3v) is 4.82. The summed E-state index contributed by atoms with van der Waals surface area (Å²) in [7, 11) is 0. The molecule has 110 valence electrons. The maximum absolute atomic E-state index is 12.7. The van der Waals surface area contributed by atoms with Gasteiger partial charge in [-0.2, -0.15) is 0 Å². The molecule has 1 atom stereocenters. The Kier molecular flexibility index (Phi) is 4.26. The number of hydrogen-bond donors (Lipinski definition) is 1. The Balaban J connectivity index is 2.13. The van der Waals surface area contributed by atoms with Crippen molar-refractivity contribution in [1.29, 1.82) is 0 Å². The molecule has 20 heavy (non-hydrogen) atoms. The molecule has 2 rings (SSSR count). The van der Waals surface area contributed by atoms with Gasteiger partial charge in [-0.25, -0.2) is 0 Å². The van der Waals surface area contributed by atoms with Gasteiger partial charge in [-0.05, 0) is 42.9 Å². The van der Waals surface area contributed by atoms with Crippen molar-refractivity contribution in [2.24, 2.45) is 11.1 Å². The van der Waals surface area contributed by atoms with Crippen LogP contribution in [0.2, 0.25) is 0 Å². The molecule has 0 aliphatic carbocycles. The lowest BCUT2D eigenvalue weighted by Gasteiger charge is -2.40. The molecule has 1 saturated heterocycles. The van der Waals surface area contributed by atoms with Gasteiger partial charge in [0.25, 0.3) is 0 Å². The second-order valence-electron chi connectivity index (χ2n) is 6.67. The van der Waals surface area contributed by atoms with Crippen LogP contribution in [-0.4, -0.2) is 23.9 Å². The van der Waals surface area contributed by atoms with Crippen molar-refractivity contribution in [3.63, 3.8) is 0 Å². The summed E-state index contributed by atoms with van der Waals surface area (Å²) < 4.78 is 0.990. The van der Waals surface area contributed by atoms with Gasteiger partial charge in [0.05, 0.1) is 0 Å². The fourth-order valence-electron chi connectivity index (χ4n) is 2.56. The molecule has 1 aliphatic heterocycles. The molecular formula is C16H23BrN2O. The van der Waals surface area contributed by atoms with E-state index in [4.69, 9.17) is 5.73 Å². The number of piperidine rings is 1. The lowest BCUT2D eigenvalue weighted by molar-refractivity contribution is -0.138. The second kappa shape index (κ2) is 5.49. The van der Waals surface area contributed by atoms with E-state index < -0.39 is 5.54 Å². The molecule has 0 radical (unpaired) electrons. The van der Waals surface area contributed by atoms with Crippen molar-refractivity contribution in [2.45, 2.75) is 39.2 Å². The number of carbonyl (C=O) groups excluding carboxylic acids is 1. The summed E-state index contributed by atoms with van der Waals surface area (Å²) in [5, 5.41) is 0. The first-order valence-corrected chi connectivity index (χ1v) is 7.86. The highest BCUT2D eigenvalue weighted by molar-refractivity contribution is 9.10. The molecule has 2 N–H and O–H groups in total. The number of nitrogens with zero attached hydrogens (tertiary/aromatic N) is 1. The molecule has 1 aromatic rings. The molecule has 4 heteroatoms. The molecule has 0 spiro atoms. The zero-order valence-electron chi connectivity index (χ0n) is 12.4. The minimum Gasteiger partial charge on any atom is -0.341 e. The fraction of sp³-hybridized carbons (Fsp3) is 0.562. The standard InChI is InChI=1S/C16H23BrN2O/c1-15(2)8-10-19(11-9-15)14(20)16(3,18)12-4-6-13(17)7-5-12/h4-7H,8-11,18H2,1-3H3. The van der Waals surface area contributed by atoms with Crippen LogP contribution < -0.4 is 5.73 Å². The van der Waals surface area contributed by atoms with Gasteiger partial charge in [0.1, 0.15) is 5.54 Å². The van der Waals surface area contributed by atoms with E-state index in [-0.39, 0.29) is 5.91 Å². The number of carbonyl (C=O) groups is 1. The Labute approximate surface area is 129 Å². The van der Waals surface area contributed by atoms with Crippen LogP contribution in [0.15, 0.2) is 28.7 Å². The lowest BCUT2D eigenvalue weighted by Crippen LogP contribution is -2.53. The Morgan fingerprint density at radius 3 is 2.25 bits per heavy atom. The Morgan fingerprint density at radius 2 is 1.75 bits per heavy atom. The van der Waals surface area contributed by atoms with E-state index in [1.807, 2.05) is 29.2 Å². The van der Waals surface area contributed by atoms with Crippen LogP contribution in [-0.2, 0) is 10.3 Å². The number of nitrogens with two attached hydrogens (primary N) is 1. The van der Waals surface area contributed by atoms with Gasteiger partial charge in [-0.15, -0.1) is 0 Å². The molecule has 1 unspecified atom stereocenters. The Hall–Kier alpha value is -0.870. The van der Waals surface area contributed by atoms with Gasteiger partial charge in [0.2, 0.25) is 5.91 Å². The fourth-order valence-corrected chi connectivity index (χ4v) is 2.83. The van der Waals surface area contributed by atoms with Crippen LogP contribution in [0.3, 0.4) is 0 Å². The number of benzene rings is 1. The summed E-state index contributed by atoms with van der Waals surface area (Å²) in [4.78, 5) is 14.6. The maximum Gasteiger partial charge on any atom is 0.246 e. The quantitative estimate of drug-likeness (QED) is 0.899. The monoisotopic (exact) mass is 338 g/mol. The smallest absolute Gasteiger partial charge is 0.246 e. The highest BCUT2D eigenvalue weighted by Gasteiger charge is 2.37. The van der Waals surface area contributed by atoms with E-state index in [1.54, 1.807) is 6.92 Å². The van der Waals surface area contributed by atoms with E-state index in [9.17, 15) is 4.79 Å². The first-order valence-electron chi connectivity index (χ1n) is 7.07. The first kappa shape index (κ1) is 15.5. The zero-order valence-corrected chi connectivity index (χ0v) is 14.0. The summed E-state index contributed by atoms with van der Waals surface area (Å²) in [5.41, 5.74) is 6.56. The van der Waals surface area contributed by atoms with Crippen molar-refractivity contribution in [3.8, 4) is 0 Å². The highest BCUT2D eigenvalue weighted by Crippen LogP contribution is 2.32. The van der Waals surface area contributed by atoms with Crippen LogP contribution in [0.1, 0.15) is 39.2 Å². The van der Waals surface area contributed by atoms with Crippen LogP contribution >= 0.6 is 15.9 Å². The van der Waals surface area contributed by atoms with Crippen LogP contribution in [0, 0.1) is 5.41 Å². The number of rotatable bonds is 2. The van der Waals surface area contributed by atoms with Crippen molar-refractivity contribution in [1.82, 2.24) is 4.90 Å². The Bertz CT molecular complexity index is 484. The molecule has 1 amide bonds. The zero-order chi connectivity index (χ0) is 15.0. The van der Waals surface area contributed by atoms with Crippen molar-refractivity contribution in [2.75, 3.05) is 13.1 Å². The summed E-state index contributed by atoms with van der Waals surface area (Å²) >= 11 is 3.40. The lowest BCUT2D eigenvalue weighted by atomic mass is 9.81. The maximum atomic E-state index is 12.7. The van der Waals surface area contributed by atoms with Crippen molar-refractivity contribution >= 4 is 21.8 Å². The molecule has 1 aromatic carbocycles. The molecule has 1 heterocycles. The summed E-state index contributed by atoms with van der Waals surface area (Å²) in [6, 6.07) is 7.67. The average molecular weight is 339 g/mol. The van der Waals surface area contributed by atoms with Gasteiger partial charge in [-0.3, -0.25) is 4.79 Å². The molecule has 0 saturated carbocycles. The molecule has 1 fully saturated rings. The highest BCUT2D eigenvalue weighted by atomic mass is 79.9. The number of hydrogen-bond acceptors (Lipinski definition) is 2. The van der Waals surface area contributed by atoms with Crippen LogP contribution in [0.25, 0.3) is 0 Å². The van der Waals surface area contributed by atoms with Crippen LogP contribution in [0.4, 0.5) is 0 Å². The molecule has 3 nitrogen and oxygen atoms in total. The molecule has 0 aromatic heterocycles. The van der Waals surface area contributed by atoms with Crippen LogP contribution in [0.5, 0.6) is 0 Å². The number of likely N-dealkylation sites (tertiary alicyclic amines) is 1. The average Bonchev–Trinajstić information content (AvgIpc) is 2.38. The molecule has 0 bridgehead atoms. The number of halogens is 1. The largest absolute Gasteiger partial charge is 0.341 e. The number of amides is 1. The minimum atomic E-state index is -0.956. The minimum absolute atomic E-state index is 0.0234. The third kappa shape index (κ3) is 3.23. The van der Waals surface area contributed by atoms with Crippen molar-refractivity contribution < 1.29 is 4.79 Å². The van der Waals surface area contributed by atoms with Gasteiger partial charge in [0, 0.05) is 17.6 Å². The van der Waals surface area contributed by atoms with Gasteiger partial charge < -0.3 is 10.6 Å². The van der Waals surface area contributed by atoms with Crippen molar-refractivity contribution in [3.05, 3.63) is 34.3 Å². The Morgan fingerprint density at radius 1 is 1.25 bits per heavy atom.